The highest BCUT2D eigenvalue weighted by Crippen LogP contribution is 2.57. The minimum atomic E-state index is -0.413. The average Bonchev–Trinajstić information content (AvgIpc) is 2.88. The molecule has 2 heteroatoms. The van der Waals surface area contributed by atoms with E-state index in [0.717, 1.165) is 12.1 Å². The first-order valence-corrected chi connectivity index (χ1v) is 7.70. The number of rotatable bonds is 1. The van der Waals surface area contributed by atoms with Gasteiger partial charge >= 0.3 is 0 Å². The SMILES string of the molecule is O=C1C=C2CC3C=CC2(c2ccccc23)N1c1ccccc1. The van der Waals surface area contributed by atoms with E-state index in [-0.39, 0.29) is 5.91 Å². The molecule has 1 spiro atoms. The first-order chi connectivity index (χ1) is 10.8. The number of hydrogen-bond donors (Lipinski definition) is 0. The molecule has 0 aromatic heterocycles. The zero-order chi connectivity index (χ0) is 14.7. The van der Waals surface area contributed by atoms with E-state index in [2.05, 4.69) is 36.4 Å². The van der Waals surface area contributed by atoms with E-state index in [1.54, 1.807) is 0 Å². The zero-order valence-corrected chi connectivity index (χ0v) is 12.1. The smallest absolute Gasteiger partial charge is 0.252 e. The lowest BCUT2D eigenvalue weighted by Crippen LogP contribution is -2.49. The minimum Gasteiger partial charge on any atom is -0.291 e. The predicted octanol–water partition coefficient (Wildman–Crippen LogP) is 3.91. The van der Waals surface area contributed by atoms with Gasteiger partial charge in [0, 0.05) is 17.7 Å². The van der Waals surface area contributed by atoms with Crippen LogP contribution in [0.25, 0.3) is 0 Å². The van der Waals surface area contributed by atoms with Gasteiger partial charge in [0.05, 0.1) is 0 Å². The van der Waals surface area contributed by atoms with Crippen molar-refractivity contribution < 1.29 is 4.79 Å². The lowest BCUT2D eigenvalue weighted by Gasteiger charge is -2.48. The second-order valence-electron chi connectivity index (χ2n) is 6.20. The molecule has 1 aliphatic heterocycles. The standard InChI is InChI=1S/C20H15NO/c22-19-13-15-12-14-10-11-20(15,18-9-5-4-8-17(14)18)21(19)16-6-2-1-3-7-16/h1-11,13-14H,12H2. The molecule has 0 saturated heterocycles. The Kier molecular flexibility index (Phi) is 2.17. The van der Waals surface area contributed by atoms with Crippen molar-refractivity contribution in [1.29, 1.82) is 0 Å². The summed E-state index contributed by atoms with van der Waals surface area (Å²) in [6.45, 7) is 0. The van der Waals surface area contributed by atoms with Gasteiger partial charge in [-0.3, -0.25) is 9.69 Å². The Balaban J connectivity index is 1.81. The third kappa shape index (κ3) is 1.28. The maximum Gasteiger partial charge on any atom is 0.252 e. The first-order valence-electron chi connectivity index (χ1n) is 7.70. The van der Waals surface area contributed by atoms with Crippen LogP contribution in [0, 0.1) is 0 Å². The molecule has 0 radical (unpaired) electrons. The molecule has 1 amide bonds. The second kappa shape index (κ2) is 3.98. The lowest BCUT2D eigenvalue weighted by atomic mass is 9.64. The molecule has 0 fully saturated rings. The van der Waals surface area contributed by atoms with E-state index < -0.39 is 5.54 Å². The molecule has 2 atom stereocenters. The number of carbonyl (C=O) groups excluding carboxylic acids is 1. The number of hydrogen-bond acceptors (Lipinski definition) is 1. The van der Waals surface area contributed by atoms with Crippen LogP contribution in [0.5, 0.6) is 0 Å². The largest absolute Gasteiger partial charge is 0.291 e. The molecule has 106 valence electrons. The Morgan fingerprint density at radius 1 is 1.00 bits per heavy atom. The summed E-state index contributed by atoms with van der Waals surface area (Å²) in [4.78, 5) is 14.7. The molecule has 2 aromatic carbocycles. The van der Waals surface area contributed by atoms with Gasteiger partial charge in [-0.05, 0) is 35.3 Å². The Morgan fingerprint density at radius 2 is 1.77 bits per heavy atom. The molecular formula is C20H15NO. The molecule has 1 heterocycles. The van der Waals surface area contributed by atoms with E-state index in [1.807, 2.05) is 41.3 Å². The van der Waals surface area contributed by atoms with Gasteiger partial charge in [0.1, 0.15) is 5.54 Å². The third-order valence-corrected chi connectivity index (χ3v) is 5.16. The fourth-order valence-electron chi connectivity index (χ4n) is 4.27. The number of carbonyl (C=O) groups is 1. The molecule has 2 nitrogen and oxygen atoms in total. The van der Waals surface area contributed by atoms with Crippen LogP contribution < -0.4 is 4.90 Å². The predicted molar refractivity (Wildman–Crippen MR) is 86.6 cm³/mol. The van der Waals surface area contributed by atoms with Crippen molar-refractivity contribution in [3.05, 3.63) is 89.5 Å². The third-order valence-electron chi connectivity index (χ3n) is 5.16. The molecule has 2 unspecified atom stereocenters. The van der Waals surface area contributed by atoms with Crippen LogP contribution in [0.3, 0.4) is 0 Å². The number of para-hydroxylation sites is 1. The highest BCUT2D eigenvalue weighted by molar-refractivity contribution is 6.08. The van der Waals surface area contributed by atoms with Gasteiger partial charge in [0.15, 0.2) is 0 Å². The Labute approximate surface area is 129 Å². The van der Waals surface area contributed by atoms with Gasteiger partial charge in [-0.1, -0.05) is 54.6 Å². The summed E-state index contributed by atoms with van der Waals surface area (Å²) in [5.41, 5.74) is 4.39. The van der Waals surface area contributed by atoms with E-state index in [4.69, 9.17) is 0 Å². The first kappa shape index (κ1) is 12.0. The number of amides is 1. The van der Waals surface area contributed by atoms with Crippen LogP contribution in [-0.2, 0) is 10.3 Å². The van der Waals surface area contributed by atoms with Crippen molar-refractivity contribution in [2.24, 2.45) is 0 Å². The van der Waals surface area contributed by atoms with Gasteiger partial charge in [-0.2, -0.15) is 0 Å². The molecule has 4 aliphatic rings. The van der Waals surface area contributed by atoms with Gasteiger partial charge in [-0.15, -0.1) is 0 Å². The molecular weight excluding hydrogens is 270 g/mol. The molecule has 3 aliphatic carbocycles. The Morgan fingerprint density at radius 3 is 2.64 bits per heavy atom. The van der Waals surface area contributed by atoms with Gasteiger partial charge in [-0.25, -0.2) is 0 Å². The van der Waals surface area contributed by atoms with Crippen LogP contribution in [-0.4, -0.2) is 5.91 Å². The summed E-state index contributed by atoms with van der Waals surface area (Å²) in [6, 6.07) is 18.5. The number of nitrogens with zero attached hydrogens (tertiary/aromatic N) is 1. The summed E-state index contributed by atoms with van der Waals surface area (Å²) in [7, 11) is 0. The van der Waals surface area contributed by atoms with Crippen LogP contribution in [0.4, 0.5) is 5.69 Å². The van der Waals surface area contributed by atoms with Crippen molar-refractivity contribution in [3.63, 3.8) is 0 Å². The Bertz CT molecular complexity index is 849. The quantitative estimate of drug-likeness (QED) is 0.727. The van der Waals surface area contributed by atoms with Crippen LogP contribution in [0.2, 0.25) is 0 Å². The van der Waals surface area contributed by atoms with E-state index in [0.29, 0.717) is 5.92 Å². The van der Waals surface area contributed by atoms with Crippen molar-refractivity contribution in [2.75, 3.05) is 4.90 Å². The lowest BCUT2D eigenvalue weighted by molar-refractivity contribution is -0.114. The fourth-order valence-corrected chi connectivity index (χ4v) is 4.27. The molecule has 22 heavy (non-hydrogen) atoms. The molecule has 2 aromatic rings. The van der Waals surface area contributed by atoms with Crippen molar-refractivity contribution in [3.8, 4) is 0 Å². The number of allylic oxidation sites excluding steroid dienone is 1. The summed E-state index contributed by atoms with van der Waals surface area (Å²) in [5, 5.41) is 0. The van der Waals surface area contributed by atoms with E-state index >= 15 is 0 Å². The summed E-state index contributed by atoms with van der Waals surface area (Å²) >= 11 is 0. The normalized spacial score (nSPS) is 27.6. The molecule has 2 bridgehead atoms. The monoisotopic (exact) mass is 285 g/mol. The van der Waals surface area contributed by atoms with Gasteiger partial charge < -0.3 is 0 Å². The van der Waals surface area contributed by atoms with E-state index in [1.165, 1.54) is 16.7 Å². The van der Waals surface area contributed by atoms with E-state index in [9.17, 15) is 4.79 Å². The van der Waals surface area contributed by atoms with Crippen LogP contribution >= 0.6 is 0 Å². The highest BCUT2D eigenvalue weighted by atomic mass is 16.2. The van der Waals surface area contributed by atoms with Gasteiger partial charge in [0.25, 0.3) is 5.91 Å². The highest BCUT2D eigenvalue weighted by Gasteiger charge is 2.53. The zero-order valence-electron chi connectivity index (χ0n) is 12.1. The maximum atomic E-state index is 12.7. The number of benzene rings is 2. The second-order valence-corrected chi connectivity index (χ2v) is 6.20. The van der Waals surface area contributed by atoms with Crippen molar-refractivity contribution in [1.82, 2.24) is 0 Å². The minimum absolute atomic E-state index is 0.0863. The van der Waals surface area contributed by atoms with Gasteiger partial charge in [0.2, 0.25) is 0 Å². The summed E-state index contributed by atoms with van der Waals surface area (Å²) in [6.07, 6.45) is 7.30. The Hall–Kier alpha value is -2.61. The molecule has 0 N–H and O–H groups in total. The average molecular weight is 285 g/mol. The summed E-state index contributed by atoms with van der Waals surface area (Å²) in [5.74, 6) is 0.496. The van der Waals surface area contributed by atoms with Crippen molar-refractivity contribution >= 4 is 11.6 Å². The molecule has 0 saturated carbocycles. The number of anilines is 1. The topological polar surface area (TPSA) is 20.3 Å². The van der Waals surface area contributed by atoms with Crippen LogP contribution in [0.1, 0.15) is 23.5 Å². The van der Waals surface area contributed by atoms with Crippen molar-refractivity contribution in [2.45, 2.75) is 17.9 Å². The van der Waals surface area contributed by atoms with Crippen LogP contribution in [0.15, 0.2) is 78.4 Å². The molecule has 6 rings (SSSR count). The maximum absolute atomic E-state index is 12.7. The fraction of sp³-hybridized carbons (Fsp3) is 0.150. The summed E-state index contributed by atoms with van der Waals surface area (Å²) < 4.78 is 0.